The van der Waals surface area contributed by atoms with Gasteiger partial charge in [0.25, 0.3) is 0 Å². The number of hydrogen-bond donors (Lipinski definition) is 1. The van der Waals surface area contributed by atoms with E-state index in [0.717, 1.165) is 9.36 Å². The van der Waals surface area contributed by atoms with E-state index >= 15 is 0 Å². The zero-order valence-corrected chi connectivity index (χ0v) is 11.6. The second-order valence-electron chi connectivity index (χ2n) is 4.68. The van der Waals surface area contributed by atoms with E-state index in [4.69, 9.17) is 0 Å². The van der Waals surface area contributed by atoms with Crippen molar-refractivity contribution in [3.8, 4) is 0 Å². The van der Waals surface area contributed by atoms with Crippen molar-refractivity contribution < 1.29 is 17.6 Å². The predicted octanol–water partition coefficient (Wildman–Crippen LogP) is 1.92. The zero-order valence-electron chi connectivity index (χ0n) is 11.6. The fourth-order valence-corrected chi connectivity index (χ4v) is 2.01. The van der Waals surface area contributed by atoms with Crippen LogP contribution in [0.5, 0.6) is 0 Å². The third-order valence-corrected chi connectivity index (χ3v) is 3.01. The molecule has 9 heteroatoms. The summed E-state index contributed by atoms with van der Waals surface area (Å²) in [6, 6.07) is 1.49. The van der Waals surface area contributed by atoms with E-state index in [2.05, 4.69) is 15.5 Å². The van der Waals surface area contributed by atoms with Crippen molar-refractivity contribution in [3.63, 3.8) is 0 Å². The molecule has 21 heavy (non-hydrogen) atoms. The number of rotatable bonds is 5. The fourth-order valence-electron chi connectivity index (χ4n) is 2.01. The zero-order chi connectivity index (χ0) is 15.6. The second kappa shape index (κ2) is 5.84. The average molecular weight is 305 g/mol. The SMILES string of the molecule is Cc1nn(C)c(F)c1CNCc1ccnn1CC(F)(F)F. The number of aryl methyl sites for hydroxylation is 2. The van der Waals surface area contributed by atoms with E-state index < -0.39 is 18.7 Å². The highest BCUT2D eigenvalue weighted by Crippen LogP contribution is 2.18. The number of halogens is 4. The van der Waals surface area contributed by atoms with Crippen molar-refractivity contribution in [1.29, 1.82) is 0 Å². The summed E-state index contributed by atoms with van der Waals surface area (Å²) in [7, 11) is 1.49. The molecule has 0 aliphatic carbocycles. The topological polar surface area (TPSA) is 47.7 Å². The van der Waals surface area contributed by atoms with Crippen LogP contribution in [-0.2, 0) is 26.7 Å². The van der Waals surface area contributed by atoms with Crippen LogP contribution in [0.15, 0.2) is 12.3 Å². The maximum atomic E-state index is 13.7. The Kier molecular flexibility index (Phi) is 4.31. The Hall–Kier alpha value is -1.90. The molecule has 0 atom stereocenters. The fraction of sp³-hybridized carbons (Fsp3) is 0.500. The van der Waals surface area contributed by atoms with E-state index in [-0.39, 0.29) is 13.1 Å². The molecule has 2 heterocycles. The molecule has 2 rings (SSSR count). The van der Waals surface area contributed by atoms with E-state index in [1.54, 1.807) is 6.92 Å². The van der Waals surface area contributed by atoms with Crippen LogP contribution < -0.4 is 5.32 Å². The first-order valence-corrected chi connectivity index (χ1v) is 6.24. The van der Waals surface area contributed by atoms with Gasteiger partial charge in [0.15, 0.2) is 0 Å². The van der Waals surface area contributed by atoms with Gasteiger partial charge >= 0.3 is 6.18 Å². The lowest BCUT2D eigenvalue weighted by molar-refractivity contribution is -0.143. The largest absolute Gasteiger partial charge is 0.408 e. The van der Waals surface area contributed by atoms with Gasteiger partial charge in [-0.2, -0.15) is 27.8 Å². The number of nitrogens with one attached hydrogen (secondary N) is 1. The lowest BCUT2D eigenvalue weighted by Gasteiger charge is -2.10. The van der Waals surface area contributed by atoms with Gasteiger partial charge in [0.2, 0.25) is 5.95 Å². The Labute approximate surface area is 118 Å². The maximum Gasteiger partial charge on any atom is 0.408 e. The Morgan fingerprint density at radius 2 is 2.00 bits per heavy atom. The maximum absolute atomic E-state index is 13.7. The molecule has 0 spiro atoms. The molecule has 2 aromatic rings. The number of hydrogen-bond acceptors (Lipinski definition) is 3. The summed E-state index contributed by atoms with van der Waals surface area (Å²) in [6.45, 7) is 0.873. The molecule has 0 saturated heterocycles. The van der Waals surface area contributed by atoms with Gasteiger partial charge in [-0.1, -0.05) is 0 Å². The Bertz CT molecular complexity index is 614. The van der Waals surface area contributed by atoms with Gasteiger partial charge in [0.1, 0.15) is 6.54 Å². The summed E-state index contributed by atoms with van der Waals surface area (Å²) in [6.07, 6.45) is -3.02. The highest BCUT2D eigenvalue weighted by Gasteiger charge is 2.29. The molecular formula is C12H15F4N5. The summed E-state index contributed by atoms with van der Waals surface area (Å²) in [5.74, 6) is -0.455. The predicted molar refractivity (Wildman–Crippen MR) is 66.7 cm³/mol. The molecule has 0 aromatic carbocycles. The Morgan fingerprint density at radius 3 is 2.57 bits per heavy atom. The molecule has 0 unspecified atom stereocenters. The van der Waals surface area contributed by atoms with Gasteiger partial charge in [0, 0.05) is 31.9 Å². The minimum Gasteiger partial charge on any atom is -0.307 e. The molecule has 0 aliphatic heterocycles. The Morgan fingerprint density at radius 1 is 1.29 bits per heavy atom. The van der Waals surface area contributed by atoms with Crippen molar-refractivity contribution in [2.24, 2.45) is 7.05 Å². The van der Waals surface area contributed by atoms with Gasteiger partial charge < -0.3 is 5.32 Å². The lowest BCUT2D eigenvalue weighted by Crippen LogP contribution is -2.23. The molecule has 2 aromatic heterocycles. The first kappa shape index (κ1) is 15.5. The quantitative estimate of drug-likeness (QED) is 0.859. The third-order valence-electron chi connectivity index (χ3n) is 3.01. The lowest BCUT2D eigenvalue weighted by atomic mass is 10.2. The van der Waals surface area contributed by atoms with Crippen LogP contribution in [0.25, 0.3) is 0 Å². The molecule has 1 N–H and O–H groups in total. The monoisotopic (exact) mass is 305 g/mol. The van der Waals surface area contributed by atoms with Gasteiger partial charge in [-0.05, 0) is 13.0 Å². The number of nitrogens with zero attached hydrogens (tertiary/aromatic N) is 4. The Balaban J connectivity index is 1.97. The highest BCUT2D eigenvalue weighted by molar-refractivity contribution is 5.17. The van der Waals surface area contributed by atoms with Crippen LogP contribution in [0.4, 0.5) is 17.6 Å². The minimum atomic E-state index is -4.33. The van der Waals surface area contributed by atoms with E-state index in [9.17, 15) is 17.6 Å². The molecule has 0 bridgehead atoms. The number of aromatic nitrogens is 4. The molecule has 116 valence electrons. The van der Waals surface area contributed by atoms with Crippen LogP contribution in [0.2, 0.25) is 0 Å². The number of alkyl halides is 3. The summed E-state index contributed by atoms with van der Waals surface area (Å²) in [5.41, 5.74) is 1.33. The molecule has 0 radical (unpaired) electrons. The summed E-state index contributed by atoms with van der Waals surface area (Å²) < 4.78 is 52.7. The average Bonchev–Trinajstić information content (AvgIpc) is 2.87. The second-order valence-corrected chi connectivity index (χ2v) is 4.68. The standard InChI is InChI=1S/C12H15F4N5/c1-8-10(11(13)20(2)19-8)6-17-5-9-3-4-18-21(9)7-12(14,15)16/h3-4,17H,5-7H2,1-2H3. The van der Waals surface area contributed by atoms with Crippen LogP contribution >= 0.6 is 0 Å². The normalized spacial score (nSPS) is 12.1. The summed E-state index contributed by atoms with van der Waals surface area (Å²) >= 11 is 0. The highest BCUT2D eigenvalue weighted by atomic mass is 19.4. The molecule has 0 fully saturated rings. The van der Waals surface area contributed by atoms with Crippen LogP contribution in [-0.4, -0.2) is 25.7 Å². The molecule has 5 nitrogen and oxygen atoms in total. The first-order valence-electron chi connectivity index (χ1n) is 6.24. The van der Waals surface area contributed by atoms with Crippen molar-refractivity contribution in [3.05, 3.63) is 35.2 Å². The van der Waals surface area contributed by atoms with Gasteiger partial charge in [0.05, 0.1) is 11.4 Å². The van der Waals surface area contributed by atoms with Crippen LogP contribution in [0.1, 0.15) is 17.0 Å². The molecule has 0 amide bonds. The molecule has 0 saturated carbocycles. The van der Waals surface area contributed by atoms with Crippen molar-refractivity contribution in [2.45, 2.75) is 32.7 Å². The summed E-state index contributed by atoms with van der Waals surface area (Å²) in [4.78, 5) is 0. The van der Waals surface area contributed by atoms with Crippen molar-refractivity contribution >= 4 is 0 Å². The van der Waals surface area contributed by atoms with Crippen molar-refractivity contribution in [1.82, 2.24) is 24.9 Å². The van der Waals surface area contributed by atoms with E-state index in [1.807, 2.05) is 0 Å². The first-order chi connectivity index (χ1) is 9.78. The van der Waals surface area contributed by atoms with E-state index in [0.29, 0.717) is 17.0 Å². The van der Waals surface area contributed by atoms with Crippen LogP contribution in [0, 0.1) is 12.9 Å². The smallest absolute Gasteiger partial charge is 0.307 e. The molecular weight excluding hydrogens is 290 g/mol. The van der Waals surface area contributed by atoms with E-state index in [1.165, 1.54) is 19.3 Å². The van der Waals surface area contributed by atoms with Gasteiger partial charge in [-0.25, -0.2) is 4.68 Å². The minimum absolute atomic E-state index is 0.157. The third kappa shape index (κ3) is 3.81. The van der Waals surface area contributed by atoms with Crippen LogP contribution in [0.3, 0.4) is 0 Å². The summed E-state index contributed by atoms with van der Waals surface area (Å²) in [5, 5.41) is 10.5. The van der Waals surface area contributed by atoms with Gasteiger partial charge in [-0.15, -0.1) is 0 Å². The molecule has 0 aliphatic rings. The van der Waals surface area contributed by atoms with Gasteiger partial charge in [-0.3, -0.25) is 4.68 Å². The van der Waals surface area contributed by atoms with Crippen molar-refractivity contribution in [2.75, 3.05) is 0 Å².